The van der Waals surface area contributed by atoms with Crippen LogP contribution < -0.4 is 4.80 Å². The number of hydrogen-bond donors (Lipinski definition) is 0. The van der Waals surface area contributed by atoms with Gasteiger partial charge in [0.15, 0.2) is 14.6 Å². The summed E-state index contributed by atoms with van der Waals surface area (Å²) in [5.41, 5.74) is 1.30. The number of carbonyl (C=O) groups is 2. The zero-order valence-corrected chi connectivity index (χ0v) is 20.3. The smallest absolute Gasteiger partial charge is 0.338 e. The van der Waals surface area contributed by atoms with E-state index in [0.717, 1.165) is 16.0 Å². The number of sulfone groups is 1. The minimum Gasteiger partial charge on any atom is -0.462 e. The van der Waals surface area contributed by atoms with Crippen LogP contribution in [0.25, 0.3) is 10.2 Å². The first kappa shape index (κ1) is 24.2. The molecule has 3 rings (SSSR count). The number of esters is 1. The summed E-state index contributed by atoms with van der Waals surface area (Å²) in [6.07, 6.45) is 1.78. The summed E-state index contributed by atoms with van der Waals surface area (Å²) in [5, 5.41) is 0. The molecule has 0 spiro atoms. The number of hydrogen-bond acceptors (Lipinski definition) is 7. The molecule has 1 amide bonds. The van der Waals surface area contributed by atoms with E-state index in [9.17, 15) is 18.0 Å². The molecule has 0 fully saturated rings. The van der Waals surface area contributed by atoms with Crippen molar-refractivity contribution >= 4 is 55.0 Å². The van der Waals surface area contributed by atoms with Crippen LogP contribution in [0.1, 0.15) is 23.7 Å². The van der Waals surface area contributed by atoms with Crippen molar-refractivity contribution in [1.82, 2.24) is 4.57 Å². The molecule has 0 N–H and O–H groups in total. The van der Waals surface area contributed by atoms with Gasteiger partial charge in [0.05, 0.1) is 33.0 Å². The van der Waals surface area contributed by atoms with Gasteiger partial charge < -0.3 is 9.30 Å². The number of aryl methyl sites for hydroxylation is 1. The highest BCUT2D eigenvalue weighted by Gasteiger charge is 2.17. The van der Waals surface area contributed by atoms with E-state index in [1.165, 1.54) is 23.5 Å². The maximum atomic E-state index is 12.5. The van der Waals surface area contributed by atoms with Crippen LogP contribution in [0.15, 0.2) is 58.4 Å². The summed E-state index contributed by atoms with van der Waals surface area (Å²) in [7, 11) is -3.56. The lowest BCUT2D eigenvalue weighted by atomic mass is 10.2. The predicted octanol–water partition coefficient (Wildman–Crippen LogP) is 3.53. The lowest BCUT2D eigenvalue weighted by Crippen LogP contribution is -2.19. The second kappa shape index (κ2) is 10.9. The molecule has 0 radical (unpaired) electrons. The zero-order chi connectivity index (χ0) is 23.1. The van der Waals surface area contributed by atoms with Gasteiger partial charge in [-0.25, -0.2) is 13.2 Å². The number of thiazole rings is 1. The van der Waals surface area contributed by atoms with Gasteiger partial charge in [0, 0.05) is 18.7 Å². The Kier molecular flexibility index (Phi) is 8.27. The van der Waals surface area contributed by atoms with E-state index in [1.54, 1.807) is 49.0 Å². The van der Waals surface area contributed by atoms with E-state index in [4.69, 9.17) is 4.74 Å². The summed E-state index contributed by atoms with van der Waals surface area (Å²) < 4.78 is 32.7. The van der Waals surface area contributed by atoms with Gasteiger partial charge in [-0.3, -0.25) is 4.79 Å². The number of aromatic nitrogens is 1. The van der Waals surface area contributed by atoms with Crippen LogP contribution in [0.4, 0.5) is 0 Å². The normalized spacial score (nSPS) is 12.2. The Balaban J connectivity index is 1.89. The SMILES string of the molecule is CCOC(=O)c1ccc2c(c1)sc(=NC(=O)CCS(=O)(=O)c1ccccc1)n2CCSC. The summed E-state index contributed by atoms with van der Waals surface area (Å²) in [6, 6.07) is 13.3. The molecule has 3 aromatic rings. The number of carbonyl (C=O) groups excluding carboxylic acids is 2. The fraction of sp³-hybridized carbons (Fsp3) is 0.318. The molecule has 10 heteroatoms. The molecule has 0 saturated carbocycles. The van der Waals surface area contributed by atoms with E-state index < -0.39 is 21.7 Å². The molecule has 7 nitrogen and oxygen atoms in total. The number of ether oxygens (including phenoxy) is 1. The molecule has 2 aromatic carbocycles. The van der Waals surface area contributed by atoms with E-state index in [1.807, 2.05) is 16.9 Å². The minimum atomic E-state index is -3.56. The molecular formula is C22H24N2O5S3. The van der Waals surface area contributed by atoms with Gasteiger partial charge in [-0.2, -0.15) is 16.8 Å². The van der Waals surface area contributed by atoms with E-state index >= 15 is 0 Å². The highest BCUT2D eigenvalue weighted by Crippen LogP contribution is 2.20. The Morgan fingerprint density at radius 1 is 1.16 bits per heavy atom. The summed E-state index contributed by atoms with van der Waals surface area (Å²) in [4.78, 5) is 29.5. The quantitative estimate of drug-likeness (QED) is 0.424. The van der Waals surface area contributed by atoms with Crippen molar-refractivity contribution in [1.29, 1.82) is 0 Å². The Hall–Kier alpha value is -2.43. The molecule has 0 unspecified atom stereocenters. The van der Waals surface area contributed by atoms with E-state index in [0.29, 0.717) is 16.9 Å². The topological polar surface area (TPSA) is 94.8 Å². The highest BCUT2D eigenvalue weighted by atomic mass is 32.2. The summed E-state index contributed by atoms with van der Waals surface area (Å²) >= 11 is 2.96. The van der Waals surface area contributed by atoms with Crippen LogP contribution in [-0.4, -0.2) is 49.2 Å². The van der Waals surface area contributed by atoms with Crippen LogP contribution in [0.2, 0.25) is 0 Å². The molecule has 0 aliphatic carbocycles. The Labute approximate surface area is 195 Å². The molecule has 170 valence electrons. The zero-order valence-electron chi connectivity index (χ0n) is 17.8. The van der Waals surface area contributed by atoms with Crippen LogP contribution in [0.3, 0.4) is 0 Å². The average molecular weight is 493 g/mol. The lowest BCUT2D eigenvalue weighted by molar-refractivity contribution is -0.117. The number of nitrogens with zero attached hydrogens (tertiary/aromatic N) is 2. The fourth-order valence-electron chi connectivity index (χ4n) is 3.03. The van der Waals surface area contributed by atoms with Crippen molar-refractivity contribution < 1.29 is 22.7 Å². The molecule has 1 aromatic heterocycles. The van der Waals surface area contributed by atoms with Crippen molar-refractivity contribution in [2.45, 2.75) is 24.8 Å². The highest BCUT2D eigenvalue weighted by molar-refractivity contribution is 7.98. The van der Waals surface area contributed by atoms with Gasteiger partial charge in [-0.15, -0.1) is 0 Å². The maximum absolute atomic E-state index is 12.5. The maximum Gasteiger partial charge on any atom is 0.338 e. The minimum absolute atomic E-state index is 0.191. The fourth-order valence-corrected chi connectivity index (χ4v) is 5.76. The monoisotopic (exact) mass is 492 g/mol. The van der Waals surface area contributed by atoms with Crippen molar-refractivity contribution in [2.24, 2.45) is 4.99 Å². The van der Waals surface area contributed by atoms with E-state index in [2.05, 4.69) is 4.99 Å². The van der Waals surface area contributed by atoms with Crippen molar-refractivity contribution in [3.63, 3.8) is 0 Å². The Bertz CT molecular complexity index is 1280. The summed E-state index contributed by atoms with van der Waals surface area (Å²) in [5.74, 6) is -0.393. The molecule has 0 aliphatic heterocycles. The van der Waals surface area contributed by atoms with Crippen LogP contribution in [-0.2, 0) is 25.9 Å². The van der Waals surface area contributed by atoms with Crippen molar-refractivity contribution in [2.75, 3.05) is 24.4 Å². The van der Waals surface area contributed by atoms with Gasteiger partial charge >= 0.3 is 5.97 Å². The third kappa shape index (κ3) is 5.87. The third-order valence-corrected chi connectivity index (χ3v) is 7.98. The number of rotatable bonds is 9. The largest absolute Gasteiger partial charge is 0.462 e. The van der Waals surface area contributed by atoms with Gasteiger partial charge in [-0.05, 0) is 43.5 Å². The van der Waals surface area contributed by atoms with E-state index in [-0.39, 0.29) is 23.7 Å². The first-order valence-electron chi connectivity index (χ1n) is 10.0. The second-order valence-electron chi connectivity index (χ2n) is 6.82. The first-order chi connectivity index (χ1) is 15.4. The molecular weight excluding hydrogens is 468 g/mol. The number of thioether (sulfide) groups is 1. The molecule has 0 bridgehead atoms. The molecule has 0 atom stereocenters. The Morgan fingerprint density at radius 2 is 1.91 bits per heavy atom. The summed E-state index contributed by atoms with van der Waals surface area (Å²) in [6.45, 7) is 2.67. The number of benzene rings is 2. The van der Waals surface area contributed by atoms with Gasteiger partial charge in [0.1, 0.15) is 0 Å². The first-order valence-corrected chi connectivity index (χ1v) is 13.9. The van der Waals surface area contributed by atoms with Crippen LogP contribution in [0, 0.1) is 0 Å². The Morgan fingerprint density at radius 3 is 2.59 bits per heavy atom. The third-order valence-electron chi connectivity index (χ3n) is 4.62. The predicted molar refractivity (Wildman–Crippen MR) is 128 cm³/mol. The molecule has 0 saturated heterocycles. The lowest BCUT2D eigenvalue weighted by Gasteiger charge is -2.05. The molecule has 1 heterocycles. The molecule has 0 aliphatic rings. The van der Waals surface area contributed by atoms with Crippen molar-refractivity contribution in [3.8, 4) is 0 Å². The average Bonchev–Trinajstić information content (AvgIpc) is 3.13. The van der Waals surface area contributed by atoms with Gasteiger partial charge in [-0.1, -0.05) is 29.5 Å². The van der Waals surface area contributed by atoms with Crippen molar-refractivity contribution in [3.05, 3.63) is 58.9 Å². The van der Waals surface area contributed by atoms with Crippen LogP contribution >= 0.6 is 23.1 Å². The molecule has 32 heavy (non-hydrogen) atoms. The van der Waals surface area contributed by atoms with Gasteiger partial charge in [0.2, 0.25) is 5.91 Å². The van der Waals surface area contributed by atoms with Gasteiger partial charge in [0.25, 0.3) is 0 Å². The number of amides is 1. The standard InChI is InChI=1S/C22H24N2O5S3/c1-3-29-21(26)16-9-10-18-19(15-16)31-22(24(18)12-13-30-2)23-20(25)11-14-32(27,28)17-7-5-4-6-8-17/h4-10,15H,3,11-14H2,1-2H3. The second-order valence-corrected chi connectivity index (χ2v) is 10.9. The van der Waals surface area contributed by atoms with Crippen LogP contribution in [0.5, 0.6) is 0 Å². The number of fused-ring (bicyclic) bond motifs is 1.